The number of anilines is 1. The van der Waals surface area contributed by atoms with Crippen LogP contribution in [0.1, 0.15) is 19.4 Å². The summed E-state index contributed by atoms with van der Waals surface area (Å²) in [6, 6.07) is 7.80. The average molecular weight is 234 g/mol. The van der Waals surface area contributed by atoms with Crippen LogP contribution in [0.2, 0.25) is 0 Å². The fourth-order valence-electron chi connectivity index (χ4n) is 2.06. The van der Waals surface area contributed by atoms with Crippen LogP contribution < -0.4 is 10.6 Å². The van der Waals surface area contributed by atoms with E-state index in [2.05, 4.69) is 0 Å². The van der Waals surface area contributed by atoms with Crippen molar-refractivity contribution in [3.63, 3.8) is 0 Å². The summed E-state index contributed by atoms with van der Waals surface area (Å²) in [6.07, 6.45) is 0.372. The molecule has 92 valence electrons. The van der Waals surface area contributed by atoms with Crippen LogP contribution >= 0.6 is 0 Å². The largest absolute Gasteiger partial charge is 0.446 e. The van der Waals surface area contributed by atoms with Gasteiger partial charge >= 0.3 is 6.09 Å². The number of ether oxygens (including phenoxy) is 1. The molecule has 1 atom stereocenters. The zero-order chi connectivity index (χ0) is 12.4. The molecular formula is C13H18N2O2. The predicted molar refractivity (Wildman–Crippen MR) is 67.1 cm³/mol. The molecule has 0 fully saturated rings. The van der Waals surface area contributed by atoms with Crippen molar-refractivity contribution < 1.29 is 9.53 Å². The maximum absolute atomic E-state index is 12.0. The lowest BCUT2D eigenvalue weighted by atomic mass is 9.99. The molecule has 0 saturated heterocycles. The van der Waals surface area contributed by atoms with E-state index < -0.39 is 0 Å². The Bertz CT molecular complexity index is 418. The summed E-state index contributed by atoms with van der Waals surface area (Å²) in [6.45, 7) is 4.20. The van der Waals surface area contributed by atoms with Gasteiger partial charge in [-0.2, -0.15) is 0 Å². The number of carbonyl (C=O) groups is 1. The van der Waals surface area contributed by atoms with Gasteiger partial charge in [0.05, 0.1) is 11.8 Å². The van der Waals surface area contributed by atoms with Crippen LogP contribution in [0.25, 0.3) is 0 Å². The second-order valence-corrected chi connectivity index (χ2v) is 4.64. The van der Waals surface area contributed by atoms with Crippen molar-refractivity contribution in [3.8, 4) is 0 Å². The first-order valence-electron chi connectivity index (χ1n) is 5.89. The van der Waals surface area contributed by atoms with Gasteiger partial charge < -0.3 is 10.5 Å². The van der Waals surface area contributed by atoms with E-state index in [1.54, 1.807) is 4.90 Å². The van der Waals surface area contributed by atoms with Crippen molar-refractivity contribution >= 4 is 11.8 Å². The quantitative estimate of drug-likeness (QED) is 0.807. The van der Waals surface area contributed by atoms with Crippen molar-refractivity contribution in [3.05, 3.63) is 29.8 Å². The summed E-state index contributed by atoms with van der Waals surface area (Å²) >= 11 is 0. The maximum Gasteiger partial charge on any atom is 0.414 e. The summed E-state index contributed by atoms with van der Waals surface area (Å²) in [4.78, 5) is 13.6. The molecule has 0 radical (unpaired) electrons. The number of hydrogen-bond acceptors (Lipinski definition) is 3. The highest BCUT2D eigenvalue weighted by molar-refractivity contribution is 5.89. The number of nitrogens with two attached hydrogens (primary N) is 1. The average Bonchev–Trinajstić information content (AvgIpc) is 2.26. The summed E-state index contributed by atoms with van der Waals surface area (Å²) in [5.41, 5.74) is 7.98. The summed E-state index contributed by atoms with van der Waals surface area (Å²) < 4.78 is 5.23. The minimum absolute atomic E-state index is 0.0235. The number of amides is 1. The van der Waals surface area contributed by atoms with E-state index in [1.807, 2.05) is 38.1 Å². The molecule has 1 aliphatic rings. The van der Waals surface area contributed by atoms with Crippen molar-refractivity contribution in [1.29, 1.82) is 0 Å². The minimum atomic E-state index is -0.317. The lowest BCUT2D eigenvalue weighted by Crippen LogP contribution is -2.46. The van der Waals surface area contributed by atoms with Gasteiger partial charge in [-0.25, -0.2) is 4.79 Å². The molecule has 2 N–H and O–H groups in total. The molecule has 0 aliphatic carbocycles. The summed E-state index contributed by atoms with van der Waals surface area (Å²) in [5, 5.41) is 0. The van der Waals surface area contributed by atoms with E-state index in [4.69, 9.17) is 10.5 Å². The Labute approximate surface area is 101 Å². The number of benzene rings is 1. The lowest BCUT2D eigenvalue weighted by Gasteiger charge is -2.32. The Morgan fingerprint density at radius 1 is 1.47 bits per heavy atom. The van der Waals surface area contributed by atoms with Gasteiger partial charge in [-0.05, 0) is 31.9 Å². The molecule has 4 nitrogen and oxygen atoms in total. The van der Waals surface area contributed by atoms with Crippen molar-refractivity contribution in [2.75, 3.05) is 11.4 Å². The van der Waals surface area contributed by atoms with Gasteiger partial charge in [0.25, 0.3) is 0 Å². The van der Waals surface area contributed by atoms with Crippen LogP contribution in [0.4, 0.5) is 10.5 Å². The van der Waals surface area contributed by atoms with Gasteiger partial charge in [0.2, 0.25) is 0 Å². The fraction of sp³-hybridized carbons (Fsp3) is 0.462. The van der Waals surface area contributed by atoms with Crippen LogP contribution in [-0.2, 0) is 11.2 Å². The van der Waals surface area contributed by atoms with E-state index >= 15 is 0 Å². The highest BCUT2D eigenvalue weighted by atomic mass is 16.6. The van der Waals surface area contributed by atoms with Crippen molar-refractivity contribution in [2.24, 2.45) is 5.73 Å². The lowest BCUT2D eigenvalue weighted by molar-refractivity contribution is 0.122. The molecule has 0 spiro atoms. The second kappa shape index (κ2) is 4.75. The van der Waals surface area contributed by atoms with Gasteiger partial charge in [-0.1, -0.05) is 18.2 Å². The molecule has 1 amide bonds. The van der Waals surface area contributed by atoms with Gasteiger partial charge in [0.1, 0.15) is 0 Å². The molecule has 1 unspecified atom stereocenters. The second-order valence-electron chi connectivity index (χ2n) is 4.64. The zero-order valence-corrected chi connectivity index (χ0v) is 10.2. The van der Waals surface area contributed by atoms with E-state index in [1.165, 1.54) is 0 Å². The third kappa shape index (κ3) is 2.58. The van der Waals surface area contributed by atoms with Crippen molar-refractivity contribution in [1.82, 2.24) is 0 Å². The van der Waals surface area contributed by atoms with Gasteiger partial charge in [0.15, 0.2) is 0 Å². The SMILES string of the molecule is CC(C)OC(=O)N1CC(N)Cc2ccccc21. The number of para-hydroxylation sites is 1. The third-order valence-corrected chi connectivity index (χ3v) is 2.74. The van der Waals surface area contributed by atoms with Crippen LogP contribution in [0.15, 0.2) is 24.3 Å². The third-order valence-electron chi connectivity index (χ3n) is 2.74. The molecule has 0 bridgehead atoms. The first-order valence-corrected chi connectivity index (χ1v) is 5.89. The van der Waals surface area contributed by atoms with Crippen LogP contribution in [0.3, 0.4) is 0 Å². The highest BCUT2D eigenvalue weighted by Gasteiger charge is 2.27. The van der Waals surface area contributed by atoms with E-state index in [-0.39, 0.29) is 18.2 Å². The molecule has 1 aliphatic heterocycles. The molecule has 4 heteroatoms. The smallest absolute Gasteiger partial charge is 0.414 e. The van der Waals surface area contributed by atoms with E-state index in [0.29, 0.717) is 6.54 Å². The number of hydrogen-bond donors (Lipinski definition) is 1. The molecule has 17 heavy (non-hydrogen) atoms. The summed E-state index contributed by atoms with van der Waals surface area (Å²) in [7, 11) is 0. The highest BCUT2D eigenvalue weighted by Crippen LogP contribution is 2.26. The fourth-order valence-corrected chi connectivity index (χ4v) is 2.06. The minimum Gasteiger partial charge on any atom is -0.446 e. The molecule has 1 aromatic rings. The molecule has 1 heterocycles. The van der Waals surface area contributed by atoms with Gasteiger partial charge in [-0.15, -0.1) is 0 Å². The van der Waals surface area contributed by atoms with E-state index in [0.717, 1.165) is 17.7 Å². The Kier molecular flexibility index (Phi) is 3.33. The molecule has 0 aromatic heterocycles. The maximum atomic E-state index is 12.0. The Balaban J connectivity index is 2.26. The Morgan fingerprint density at radius 2 is 2.18 bits per heavy atom. The van der Waals surface area contributed by atoms with Crippen LogP contribution in [0.5, 0.6) is 0 Å². The van der Waals surface area contributed by atoms with E-state index in [9.17, 15) is 4.79 Å². The molecule has 2 rings (SSSR count). The molecule has 0 saturated carbocycles. The van der Waals surface area contributed by atoms with Gasteiger partial charge in [-0.3, -0.25) is 4.90 Å². The predicted octanol–water partition coefficient (Wildman–Crippen LogP) is 1.92. The monoisotopic (exact) mass is 234 g/mol. The Morgan fingerprint density at radius 3 is 2.88 bits per heavy atom. The van der Waals surface area contributed by atoms with Crippen LogP contribution in [-0.4, -0.2) is 24.8 Å². The first-order chi connectivity index (χ1) is 8.08. The number of nitrogens with zero attached hydrogens (tertiary/aromatic N) is 1. The standard InChI is InChI=1S/C13H18N2O2/c1-9(2)17-13(16)15-8-11(14)7-10-5-3-4-6-12(10)15/h3-6,9,11H,7-8,14H2,1-2H3. The number of fused-ring (bicyclic) bond motifs is 1. The molecular weight excluding hydrogens is 216 g/mol. The van der Waals surface area contributed by atoms with Crippen molar-refractivity contribution in [2.45, 2.75) is 32.4 Å². The molecule has 1 aromatic carbocycles. The number of rotatable bonds is 1. The zero-order valence-electron chi connectivity index (χ0n) is 10.2. The van der Waals surface area contributed by atoms with Gasteiger partial charge in [0, 0.05) is 12.6 Å². The number of carbonyl (C=O) groups excluding carboxylic acids is 1. The normalized spacial score (nSPS) is 19.1. The first kappa shape index (κ1) is 11.9. The Hall–Kier alpha value is -1.55. The topological polar surface area (TPSA) is 55.6 Å². The van der Waals surface area contributed by atoms with Crippen LogP contribution in [0, 0.1) is 0 Å². The summed E-state index contributed by atoms with van der Waals surface area (Å²) in [5.74, 6) is 0.